The van der Waals surface area contributed by atoms with E-state index >= 15 is 0 Å². The summed E-state index contributed by atoms with van der Waals surface area (Å²) in [5.74, 6) is 2.03. The van der Waals surface area contributed by atoms with Crippen molar-refractivity contribution >= 4 is 10.9 Å². The van der Waals surface area contributed by atoms with Crippen molar-refractivity contribution < 1.29 is 4.74 Å². The fourth-order valence-corrected chi connectivity index (χ4v) is 4.44. The van der Waals surface area contributed by atoms with E-state index in [4.69, 9.17) is 4.74 Å². The fraction of sp³-hybridized carbons (Fsp3) is 0.565. The van der Waals surface area contributed by atoms with Gasteiger partial charge in [-0.3, -0.25) is 9.69 Å². The predicted octanol–water partition coefficient (Wildman–Crippen LogP) is 3.49. The lowest BCUT2D eigenvalue weighted by molar-refractivity contribution is 0.135. The van der Waals surface area contributed by atoms with Gasteiger partial charge in [0.15, 0.2) is 5.82 Å². The highest BCUT2D eigenvalue weighted by molar-refractivity contribution is 5.80. The van der Waals surface area contributed by atoms with Gasteiger partial charge in [-0.1, -0.05) is 13.8 Å². The van der Waals surface area contributed by atoms with Crippen LogP contribution in [0.3, 0.4) is 0 Å². The second-order valence-electron chi connectivity index (χ2n) is 9.27. The summed E-state index contributed by atoms with van der Waals surface area (Å²) < 4.78 is 7.29. The molecular formula is C23H32N6O2. The zero-order valence-electron chi connectivity index (χ0n) is 19.1. The van der Waals surface area contributed by atoms with Crippen molar-refractivity contribution in [1.82, 2.24) is 30.1 Å². The van der Waals surface area contributed by atoms with E-state index in [1.54, 1.807) is 7.11 Å². The summed E-state index contributed by atoms with van der Waals surface area (Å²) in [6, 6.07) is 7.33. The number of ether oxygens (including phenoxy) is 1. The third-order valence-electron chi connectivity index (χ3n) is 6.61. The van der Waals surface area contributed by atoms with Gasteiger partial charge in [0, 0.05) is 23.0 Å². The van der Waals surface area contributed by atoms with E-state index in [0.717, 1.165) is 42.6 Å². The lowest BCUT2D eigenvalue weighted by atomic mass is 9.94. The molecule has 8 heteroatoms. The smallest absolute Gasteiger partial charge is 0.253 e. The molecule has 0 unspecified atom stereocenters. The van der Waals surface area contributed by atoms with Gasteiger partial charge in [0.2, 0.25) is 0 Å². The van der Waals surface area contributed by atoms with E-state index < -0.39 is 0 Å². The van der Waals surface area contributed by atoms with Crippen molar-refractivity contribution in [1.29, 1.82) is 0 Å². The van der Waals surface area contributed by atoms with Gasteiger partial charge in [-0.15, -0.1) is 5.10 Å². The first kappa shape index (κ1) is 21.5. The highest BCUT2D eigenvalue weighted by Crippen LogP contribution is 2.33. The number of aromatic amines is 1. The van der Waals surface area contributed by atoms with Gasteiger partial charge in [-0.25, -0.2) is 4.68 Å². The molecule has 1 N–H and O–H groups in total. The van der Waals surface area contributed by atoms with Crippen LogP contribution < -0.4 is 10.3 Å². The molecule has 0 bridgehead atoms. The molecule has 0 saturated carbocycles. The standard InChI is InChI=1S/C23H32N6O2/c1-6-23(3,4)29-21(25-26-27-29)20(28-11-7-8-15(2)14-28)18-13-16-12-17(31-5)9-10-19(16)24-22(18)30/h9-10,12-13,15,20H,6-8,11,14H2,1-5H3,(H,24,30)/t15-,20+/m1/s1. The molecule has 3 heterocycles. The number of rotatable bonds is 6. The molecule has 0 amide bonds. The molecule has 1 saturated heterocycles. The minimum absolute atomic E-state index is 0.107. The van der Waals surface area contributed by atoms with Crippen molar-refractivity contribution in [3.8, 4) is 5.75 Å². The van der Waals surface area contributed by atoms with E-state index in [0.29, 0.717) is 17.3 Å². The fourth-order valence-electron chi connectivity index (χ4n) is 4.44. The highest BCUT2D eigenvalue weighted by atomic mass is 16.5. The Bertz CT molecular complexity index is 1120. The number of benzene rings is 1. The van der Waals surface area contributed by atoms with Crippen molar-refractivity contribution in [2.24, 2.45) is 5.92 Å². The van der Waals surface area contributed by atoms with Gasteiger partial charge >= 0.3 is 0 Å². The number of tetrazole rings is 1. The van der Waals surface area contributed by atoms with E-state index in [1.165, 1.54) is 6.42 Å². The maximum atomic E-state index is 13.3. The number of H-pyrrole nitrogens is 1. The number of piperidine rings is 1. The summed E-state index contributed by atoms with van der Waals surface area (Å²) in [4.78, 5) is 18.7. The molecule has 3 aromatic rings. The van der Waals surface area contributed by atoms with Crippen LogP contribution in [0.15, 0.2) is 29.1 Å². The molecule has 4 rings (SSSR count). The maximum Gasteiger partial charge on any atom is 0.253 e. The number of aromatic nitrogens is 5. The van der Waals surface area contributed by atoms with Crippen molar-refractivity contribution in [2.75, 3.05) is 20.2 Å². The number of hydrogen-bond acceptors (Lipinski definition) is 6. The molecule has 1 aromatic carbocycles. The molecule has 2 atom stereocenters. The molecule has 1 fully saturated rings. The second-order valence-corrected chi connectivity index (χ2v) is 9.27. The average Bonchev–Trinajstić information content (AvgIpc) is 3.24. The number of hydrogen-bond donors (Lipinski definition) is 1. The Kier molecular flexibility index (Phi) is 5.83. The van der Waals surface area contributed by atoms with Crippen LogP contribution in [0.2, 0.25) is 0 Å². The molecule has 8 nitrogen and oxygen atoms in total. The maximum absolute atomic E-state index is 13.3. The second kappa shape index (κ2) is 8.42. The number of fused-ring (bicyclic) bond motifs is 1. The molecule has 0 aliphatic carbocycles. The third-order valence-corrected chi connectivity index (χ3v) is 6.61. The van der Waals surface area contributed by atoms with Gasteiger partial charge in [0.05, 0.1) is 12.6 Å². The van der Waals surface area contributed by atoms with Gasteiger partial charge < -0.3 is 9.72 Å². The van der Waals surface area contributed by atoms with Gasteiger partial charge in [0.25, 0.3) is 5.56 Å². The monoisotopic (exact) mass is 424 g/mol. The Balaban J connectivity index is 1.91. The number of pyridine rings is 1. The van der Waals surface area contributed by atoms with Gasteiger partial charge in [-0.05, 0) is 80.3 Å². The molecular weight excluding hydrogens is 392 g/mol. The van der Waals surface area contributed by atoms with Crippen LogP contribution in [-0.2, 0) is 5.54 Å². The zero-order valence-corrected chi connectivity index (χ0v) is 19.1. The number of likely N-dealkylation sites (tertiary alicyclic amines) is 1. The quantitative estimate of drug-likeness (QED) is 0.652. The molecule has 2 aromatic heterocycles. The van der Waals surface area contributed by atoms with Crippen LogP contribution >= 0.6 is 0 Å². The molecule has 1 aliphatic rings. The first-order valence-corrected chi connectivity index (χ1v) is 11.1. The van der Waals surface area contributed by atoms with Crippen LogP contribution in [-0.4, -0.2) is 50.3 Å². The summed E-state index contributed by atoms with van der Waals surface area (Å²) in [7, 11) is 1.65. The summed E-state index contributed by atoms with van der Waals surface area (Å²) in [5.41, 5.74) is 1.09. The largest absolute Gasteiger partial charge is 0.497 e. The number of nitrogens with zero attached hydrogens (tertiary/aromatic N) is 5. The Morgan fingerprint density at radius 3 is 2.84 bits per heavy atom. The third kappa shape index (κ3) is 4.08. The Morgan fingerprint density at radius 2 is 2.13 bits per heavy atom. The Hall–Kier alpha value is -2.74. The first-order chi connectivity index (χ1) is 14.8. The van der Waals surface area contributed by atoms with E-state index in [1.807, 2.05) is 28.9 Å². The average molecular weight is 425 g/mol. The lowest BCUT2D eigenvalue weighted by Gasteiger charge is -2.37. The van der Waals surface area contributed by atoms with Crippen LogP contribution in [0.25, 0.3) is 10.9 Å². The van der Waals surface area contributed by atoms with Crippen molar-refractivity contribution in [3.63, 3.8) is 0 Å². The molecule has 0 spiro atoms. The summed E-state index contributed by atoms with van der Waals surface area (Å²) >= 11 is 0. The Morgan fingerprint density at radius 1 is 1.32 bits per heavy atom. The topological polar surface area (TPSA) is 88.9 Å². The Labute approximate surface area is 182 Å². The molecule has 166 valence electrons. The molecule has 31 heavy (non-hydrogen) atoms. The SMILES string of the molecule is CCC(C)(C)n1nnnc1[C@H](c1cc2cc(OC)ccc2[nH]c1=O)N1CCC[C@@H](C)C1. The van der Waals surface area contributed by atoms with Gasteiger partial charge in [0.1, 0.15) is 11.8 Å². The van der Waals surface area contributed by atoms with Crippen LogP contribution in [0.4, 0.5) is 0 Å². The first-order valence-electron chi connectivity index (χ1n) is 11.1. The number of methoxy groups -OCH3 is 1. The number of nitrogens with one attached hydrogen (secondary N) is 1. The summed E-state index contributed by atoms with van der Waals surface area (Å²) in [5, 5.41) is 13.7. The molecule has 0 radical (unpaired) electrons. The molecule has 1 aliphatic heterocycles. The van der Waals surface area contributed by atoms with Crippen molar-refractivity contribution in [3.05, 3.63) is 46.0 Å². The normalized spacial score (nSPS) is 18.9. The van der Waals surface area contributed by atoms with Crippen LogP contribution in [0, 0.1) is 5.92 Å². The minimum atomic E-state index is -0.317. The predicted molar refractivity (Wildman–Crippen MR) is 120 cm³/mol. The minimum Gasteiger partial charge on any atom is -0.497 e. The van der Waals surface area contributed by atoms with Crippen LogP contribution in [0.1, 0.15) is 64.4 Å². The zero-order chi connectivity index (χ0) is 22.2. The van der Waals surface area contributed by atoms with E-state index in [9.17, 15) is 4.79 Å². The van der Waals surface area contributed by atoms with E-state index in [-0.39, 0.29) is 17.1 Å². The summed E-state index contributed by atoms with van der Waals surface area (Å²) in [6.45, 7) is 10.4. The van der Waals surface area contributed by atoms with Gasteiger partial charge in [-0.2, -0.15) is 0 Å². The van der Waals surface area contributed by atoms with Crippen molar-refractivity contribution in [2.45, 2.75) is 58.5 Å². The van der Waals surface area contributed by atoms with E-state index in [2.05, 4.69) is 53.1 Å². The summed E-state index contributed by atoms with van der Waals surface area (Å²) in [6.07, 6.45) is 3.16. The highest BCUT2D eigenvalue weighted by Gasteiger charge is 2.35. The lowest BCUT2D eigenvalue weighted by Crippen LogP contribution is -2.42. The van der Waals surface area contributed by atoms with Crippen LogP contribution in [0.5, 0.6) is 5.75 Å².